The molecule has 1 heterocycles. The van der Waals surface area contributed by atoms with Crippen LogP contribution < -0.4 is 0 Å². The molecule has 10 heavy (non-hydrogen) atoms. The number of ether oxygens (including phenoxy) is 1. The predicted octanol–water partition coefficient (Wildman–Crippen LogP) is 1.53. The van der Waals surface area contributed by atoms with Crippen molar-refractivity contribution in [2.45, 2.75) is 38.7 Å². The van der Waals surface area contributed by atoms with Crippen molar-refractivity contribution in [2.24, 2.45) is 0 Å². The minimum Gasteiger partial charge on any atom is -0.368 e. The van der Waals surface area contributed by atoms with E-state index in [1.807, 2.05) is 13.8 Å². The molecule has 0 bridgehead atoms. The largest absolute Gasteiger partial charge is 0.368 e. The second-order valence-electron chi connectivity index (χ2n) is 2.96. The summed E-state index contributed by atoms with van der Waals surface area (Å²) in [6.07, 6.45) is 2.53. The first-order chi connectivity index (χ1) is 4.69. The Balaban J connectivity index is 2.58. The third-order valence-corrected chi connectivity index (χ3v) is 2.13. The number of ketones is 1. The van der Waals surface area contributed by atoms with Crippen molar-refractivity contribution in [1.82, 2.24) is 0 Å². The van der Waals surface area contributed by atoms with Gasteiger partial charge in [0.15, 0.2) is 5.78 Å². The summed E-state index contributed by atoms with van der Waals surface area (Å²) in [5.41, 5.74) is -0.436. The second kappa shape index (κ2) is 2.70. The molecule has 2 nitrogen and oxygen atoms in total. The molecule has 1 rings (SSSR count). The van der Waals surface area contributed by atoms with E-state index in [0.29, 0.717) is 6.42 Å². The molecule has 2 heteroatoms. The monoisotopic (exact) mass is 142 g/mol. The Morgan fingerprint density at radius 3 is 2.80 bits per heavy atom. The van der Waals surface area contributed by atoms with Gasteiger partial charge in [-0.15, -0.1) is 0 Å². The van der Waals surface area contributed by atoms with Crippen molar-refractivity contribution in [1.29, 1.82) is 0 Å². The Bertz CT molecular complexity index is 134. The zero-order valence-corrected chi connectivity index (χ0v) is 6.64. The van der Waals surface area contributed by atoms with Crippen LogP contribution in [0.1, 0.15) is 33.1 Å². The summed E-state index contributed by atoms with van der Waals surface area (Å²) in [5.74, 6) is 0.241. The van der Waals surface area contributed by atoms with Gasteiger partial charge >= 0.3 is 0 Å². The van der Waals surface area contributed by atoms with Gasteiger partial charge in [-0.1, -0.05) is 6.92 Å². The van der Waals surface area contributed by atoms with Crippen LogP contribution in [0.5, 0.6) is 0 Å². The third-order valence-electron chi connectivity index (χ3n) is 2.13. The highest BCUT2D eigenvalue weighted by atomic mass is 16.5. The minimum atomic E-state index is -0.436. The van der Waals surface area contributed by atoms with Crippen LogP contribution in [-0.4, -0.2) is 18.0 Å². The molecule has 0 aromatic rings. The standard InChI is InChI=1S/C8H14O2/c1-3-7(9)8(2)5-4-6-10-8/h3-6H2,1-2H3/t8-/m1/s1. The van der Waals surface area contributed by atoms with Crippen LogP contribution in [0.2, 0.25) is 0 Å². The second-order valence-corrected chi connectivity index (χ2v) is 2.96. The van der Waals surface area contributed by atoms with Gasteiger partial charge in [0.2, 0.25) is 0 Å². The van der Waals surface area contributed by atoms with E-state index in [4.69, 9.17) is 4.74 Å². The highest BCUT2D eigenvalue weighted by molar-refractivity contribution is 5.86. The molecule has 0 aromatic heterocycles. The van der Waals surface area contributed by atoms with Gasteiger partial charge in [-0.25, -0.2) is 0 Å². The molecular formula is C8H14O2. The van der Waals surface area contributed by atoms with E-state index in [1.54, 1.807) is 0 Å². The number of hydrogen-bond donors (Lipinski definition) is 0. The molecule has 0 aromatic carbocycles. The highest BCUT2D eigenvalue weighted by Crippen LogP contribution is 2.26. The molecule has 0 aliphatic carbocycles. The van der Waals surface area contributed by atoms with Gasteiger partial charge in [-0.05, 0) is 19.8 Å². The topological polar surface area (TPSA) is 26.3 Å². The lowest BCUT2D eigenvalue weighted by atomic mass is 9.96. The Hall–Kier alpha value is -0.370. The first-order valence-electron chi connectivity index (χ1n) is 3.86. The summed E-state index contributed by atoms with van der Waals surface area (Å²) in [4.78, 5) is 11.2. The number of Topliss-reactive ketones (excluding diaryl/α,β-unsaturated/α-hetero) is 1. The fraction of sp³-hybridized carbons (Fsp3) is 0.875. The minimum absolute atomic E-state index is 0.241. The molecule has 0 amide bonds. The summed E-state index contributed by atoms with van der Waals surface area (Å²) in [6.45, 7) is 4.53. The van der Waals surface area contributed by atoms with E-state index in [2.05, 4.69) is 0 Å². The zero-order chi connectivity index (χ0) is 7.61. The van der Waals surface area contributed by atoms with Crippen LogP contribution in [0.15, 0.2) is 0 Å². The third kappa shape index (κ3) is 1.21. The maximum atomic E-state index is 11.2. The van der Waals surface area contributed by atoms with Crippen LogP contribution in [0.4, 0.5) is 0 Å². The first kappa shape index (κ1) is 7.73. The van der Waals surface area contributed by atoms with E-state index >= 15 is 0 Å². The Morgan fingerprint density at radius 2 is 2.40 bits per heavy atom. The molecule has 1 aliphatic rings. The normalized spacial score (nSPS) is 32.6. The highest BCUT2D eigenvalue weighted by Gasteiger charge is 2.35. The molecule has 0 spiro atoms. The van der Waals surface area contributed by atoms with Gasteiger partial charge in [-0.3, -0.25) is 4.79 Å². The molecule has 0 saturated carbocycles. The fourth-order valence-electron chi connectivity index (χ4n) is 1.37. The fourth-order valence-corrected chi connectivity index (χ4v) is 1.37. The van der Waals surface area contributed by atoms with Gasteiger partial charge in [0.05, 0.1) is 0 Å². The van der Waals surface area contributed by atoms with Crippen molar-refractivity contribution in [3.05, 3.63) is 0 Å². The van der Waals surface area contributed by atoms with Crippen molar-refractivity contribution in [2.75, 3.05) is 6.61 Å². The summed E-state index contributed by atoms with van der Waals surface area (Å²) in [5, 5.41) is 0. The quantitative estimate of drug-likeness (QED) is 0.584. The summed E-state index contributed by atoms with van der Waals surface area (Å²) < 4.78 is 5.34. The van der Waals surface area contributed by atoms with Crippen LogP contribution in [0, 0.1) is 0 Å². The lowest BCUT2D eigenvalue weighted by Crippen LogP contribution is -2.33. The molecule has 1 saturated heterocycles. The van der Waals surface area contributed by atoms with E-state index in [-0.39, 0.29) is 5.78 Å². The van der Waals surface area contributed by atoms with Crippen molar-refractivity contribution in [3.8, 4) is 0 Å². The smallest absolute Gasteiger partial charge is 0.164 e. The maximum absolute atomic E-state index is 11.2. The molecule has 0 unspecified atom stereocenters. The van der Waals surface area contributed by atoms with Crippen molar-refractivity contribution in [3.63, 3.8) is 0 Å². The van der Waals surface area contributed by atoms with Gasteiger partial charge in [0.25, 0.3) is 0 Å². The number of hydrogen-bond acceptors (Lipinski definition) is 2. The molecular weight excluding hydrogens is 128 g/mol. The zero-order valence-electron chi connectivity index (χ0n) is 6.64. The SMILES string of the molecule is CCC(=O)[C@@]1(C)CCCO1. The Morgan fingerprint density at radius 1 is 1.70 bits per heavy atom. The van der Waals surface area contributed by atoms with Crippen LogP contribution in [0.25, 0.3) is 0 Å². The number of carbonyl (C=O) groups excluding carboxylic acids is 1. The van der Waals surface area contributed by atoms with E-state index in [1.165, 1.54) is 0 Å². The average Bonchev–Trinajstić information content (AvgIpc) is 2.36. The van der Waals surface area contributed by atoms with Gasteiger partial charge in [0, 0.05) is 13.0 Å². The molecule has 1 atom stereocenters. The van der Waals surface area contributed by atoms with E-state index in [9.17, 15) is 4.79 Å². The molecule has 1 aliphatic heterocycles. The number of carbonyl (C=O) groups is 1. The predicted molar refractivity (Wildman–Crippen MR) is 38.9 cm³/mol. The molecule has 1 fully saturated rings. The summed E-state index contributed by atoms with van der Waals surface area (Å²) in [7, 11) is 0. The van der Waals surface area contributed by atoms with Crippen LogP contribution >= 0.6 is 0 Å². The van der Waals surface area contributed by atoms with Gasteiger partial charge in [-0.2, -0.15) is 0 Å². The van der Waals surface area contributed by atoms with Crippen molar-refractivity contribution >= 4 is 5.78 Å². The van der Waals surface area contributed by atoms with Crippen LogP contribution in [-0.2, 0) is 9.53 Å². The lowest BCUT2D eigenvalue weighted by Gasteiger charge is -2.19. The Labute approximate surface area is 61.6 Å². The lowest BCUT2D eigenvalue weighted by molar-refractivity contribution is -0.136. The van der Waals surface area contributed by atoms with Gasteiger partial charge in [0.1, 0.15) is 5.60 Å². The molecule has 0 radical (unpaired) electrons. The van der Waals surface area contributed by atoms with Gasteiger partial charge < -0.3 is 4.74 Å². The first-order valence-corrected chi connectivity index (χ1v) is 3.86. The van der Waals surface area contributed by atoms with Crippen LogP contribution in [0.3, 0.4) is 0 Å². The maximum Gasteiger partial charge on any atom is 0.164 e. The summed E-state index contributed by atoms with van der Waals surface area (Å²) >= 11 is 0. The molecule has 0 N–H and O–H groups in total. The average molecular weight is 142 g/mol. The van der Waals surface area contributed by atoms with E-state index < -0.39 is 5.60 Å². The van der Waals surface area contributed by atoms with Crippen molar-refractivity contribution < 1.29 is 9.53 Å². The number of rotatable bonds is 2. The Kier molecular flexibility index (Phi) is 2.09. The van der Waals surface area contributed by atoms with E-state index in [0.717, 1.165) is 19.4 Å². The summed E-state index contributed by atoms with van der Waals surface area (Å²) in [6, 6.07) is 0. The molecule has 58 valence electrons.